The first-order chi connectivity index (χ1) is 6.97. The lowest BCUT2D eigenvalue weighted by molar-refractivity contribution is 0.0247. The number of allylic oxidation sites excluding steroid dienone is 2. The van der Waals surface area contributed by atoms with Crippen molar-refractivity contribution in [1.29, 1.82) is 0 Å². The van der Waals surface area contributed by atoms with Crippen LogP contribution in [0.15, 0.2) is 24.6 Å². The summed E-state index contributed by atoms with van der Waals surface area (Å²) < 4.78 is 10.1. The van der Waals surface area contributed by atoms with E-state index in [1.165, 1.54) is 5.01 Å². The summed E-state index contributed by atoms with van der Waals surface area (Å²) in [7, 11) is 0. The molecule has 1 rings (SSSR count). The predicted molar refractivity (Wildman–Crippen MR) is 55.4 cm³/mol. The molecule has 1 heterocycles. The highest BCUT2D eigenvalue weighted by Gasteiger charge is 2.17. The molecule has 0 fully saturated rings. The maximum Gasteiger partial charge on any atom is 0.426 e. The maximum absolute atomic E-state index is 11.4. The van der Waals surface area contributed by atoms with E-state index in [4.69, 9.17) is 9.47 Å². The zero-order valence-corrected chi connectivity index (χ0v) is 9.19. The number of nitrogens with one attached hydrogen (secondary N) is 1. The Morgan fingerprint density at radius 1 is 1.47 bits per heavy atom. The fourth-order valence-corrected chi connectivity index (χ4v) is 0.909. The minimum Gasteiger partial charge on any atom is -0.479 e. The molecule has 0 saturated carbocycles. The molecule has 0 aliphatic carbocycles. The van der Waals surface area contributed by atoms with Crippen LogP contribution < -0.4 is 5.43 Å². The van der Waals surface area contributed by atoms with Crippen LogP contribution in [-0.2, 0) is 9.47 Å². The first kappa shape index (κ1) is 11.4. The number of ether oxygens (including phenoxy) is 2. The van der Waals surface area contributed by atoms with Gasteiger partial charge in [-0.2, -0.15) is 0 Å². The molecular weight excluding hydrogens is 196 g/mol. The van der Waals surface area contributed by atoms with Crippen molar-refractivity contribution in [2.24, 2.45) is 0 Å². The van der Waals surface area contributed by atoms with Gasteiger partial charge in [0, 0.05) is 6.20 Å². The van der Waals surface area contributed by atoms with Gasteiger partial charge < -0.3 is 9.47 Å². The van der Waals surface area contributed by atoms with E-state index in [-0.39, 0.29) is 6.73 Å². The zero-order valence-electron chi connectivity index (χ0n) is 9.19. The van der Waals surface area contributed by atoms with Crippen LogP contribution >= 0.6 is 0 Å². The summed E-state index contributed by atoms with van der Waals surface area (Å²) in [6.45, 7) is 5.68. The summed E-state index contributed by atoms with van der Waals surface area (Å²) in [5.41, 5.74) is 2.03. The molecule has 5 nitrogen and oxygen atoms in total. The van der Waals surface area contributed by atoms with Crippen LogP contribution in [0.3, 0.4) is 0 Å². The monoisotopic (exact) mass is 212 g/mol. The maximum atomic E-state index is 11.4. The summed E-state index contributed by atoms with van der Waals surface area (Å²) in [6, 6.07) is 0. The van der Waals surface area contributed by atoms with Gasteiger partial charge in [0.05, 0.1) is 6.26 Å². The largest absolute Gasteiger partial charge is 0.479 e. The van der Waals surface area contributed by atoms with Gasteiger partial charge in [-0.3, -0.25) is 5.01 Å². The van der Waals surface area contributed by atoms with Crippen molar-refractivity contribution in [3.63, 3.8) is 0 Å². The summed E-state index contributed by atoms with van der Waals surface area (Å²) in [5.74, 6) is 0. The molecule has 0 unspecified atom stereocenters. The van der Waals surface area contributed by atoms with Gasteiger partial charge in [-0.05, 0) is 32.9 Å². The van der Waals surface area contributed by atoms with Crippen LogP contribution in [0, 0.1) is 0 Å². The SMILES string of the molecule is CC(C)(C)OC(=O)NN1C=CC=COC1. The first-order valence-corrected chi connectivity index (χ1v) is 4.68. The summed E-state index contributed by atoms with van der Waals surface area (Å²) in [6.07, 6.45) is 6.22. The van der Waals surface area contributed by atoms with Crippen LogP contribution in [0.1, 0.15) is 20.8 Å². The highest BCUT2D eigenvalue weighted by Crippen LogP contribution is 2.06. The summed E-state index contributed by atoms with van der Waals surface area (Å²) >= 11 is 0. The number of carbonyl (C=O) groups is 1. The number of rotatable bonds is 1. The Kier molecular flexibility index (Phi) is 3.60. The zero-order chi connectivity index (χ0) is 11.3. The number of carbonyl (C=O) groups excluding carboxylic acids is 1. The lowest BCUT2D eigenvalue weighted by Crippen LogP contribution is -2.42. The molecule has 1 N–H and O–H groups in total. The van der Waals surface area contributed by atoms with Gasteiger partial charge in [0.1, 0.15) is 5.60 Å². The lowest BCUT2D eigenvalue weighted by atomic mass is 10.2. The minimum atomic E-state index is -0.502. The van der Waals surface area contributed by atoms with Gasteiger partial charge in [-0.15, -0.1) is 0 Å². The third kappa shape index (κ3) is 4.95. The van der Waals surface area contributed by atoms with E-state index >= 15 is 0 Å². The van der Waals surface area contributed by atoms with Gasteiger partial charge in [-0.1, -0.05) is 0 Å². The molecule has 0 atom stereocenters. The fourth-order valence-electron chi connectivity index (χ4n) is 0.909. The molecule has 1 amide bonds. The van der Waals surface area contributed by atoms with Crippen molar-refractivity contribution in [1.82, 2.24) is 10.4 Å². The lowest BCUT2D eigenvalue weighted by Gasteiger charge is -2.24. The van der Waals surface area contributed by atoms with Gasteiger partial charge >= 0.3 is 6.09 Å². The van der Waals surface area contributed by atoms with Crippen molar-refractivity contribution < 1.29 is 14.3 Å². The van der Waals surface area contributed by atoms with Gasteiger partial charge in [0.25, 0.3) is 0 Å². The Balaban J connectivity index is 2.38. The van der Waals surface area contributed by atoms with E-state index in [2.05, 4.69) is 5.43 Å². The molecule has 84 valence electrons. The van der Waals surface area contributed by atoms with Gasteiger partial charge in [-0.25, -0.2) is 10.2 Å². The minimum absolute atomic E-state index is 0.256. The third-order valence-corrected chi connectivity index (χ3v) is 1.40. The van der Waals surface area contributed by atoms with E-state index in [9.17, 15) is 4.79 Å². The number of hydrogen-bond acceptors (Lipinski definition) is 4. The average molecular weight is 212 g/mol. The molecule has 1 aliphatic rings. The van der Waals surface area contributed by atoms with Crippen LogP contribution in [0.25, 0.3) is 0 Å². The van der Waals surface area contributed by atoms with Crippen LogP contribution in [0.5, 0.6) is 0 Å². The van der Waals surface area contributed by atoms with E-state index in [1.54, 1.807) is 24.6 Å². The molecule has 0 saturated heterocycles. The van der Waals surface area contributed by atoms with E-state index in [0.29, 0.717) is 0 Å². The Morgan fingerprint density at radius 2 is 2.20 bits per heavy atom. The van der Waals surface area contributed by atoms with Crippen molar-refractivity contribution in [3.05, 3.63) is 24.6 Å². The smallest absolute Gasteiger partial charge is 0.426 e. The first-order valence-electron chi connectivity index (χ1n) is 4.68. The Labute approximate surface area is 89.3 Å². The van der Waals surface area contributed by atoms with Crippen LogP contribution in [-0.4, -0.2) is 23.4 Å². The second-order valence-corrected chi connectivity index (χ2v) is 4.05. The molecule has 5 heteroatoms. The molecule has 15 heavy (non-hydrogen) atoms. The standard InChI is InChI=1S/C10H16N2O3/c1-10(2,3)15-9(13)11-12-6-4-5-7-14-8-12/h4-7H,8H2,1-3H3,(H,11,13). The Morgan fingerprint density at radius 3 is 2.87 bits per heavy atom. The Hall–Kier alpha value is -1.65. The van der Waals surface area contributed by atoms with Crippen LogP contribution in [0.2, 0.25) is 0 Å². The highest BCUT2D eigenvalue weighted by molar-refractivity contribution is 5.67. The molecular formula is C10H16N2O3. The normalized spacial score (nSPS) is 15.5. The highest BCUT2D eigenvalue weighted by atomic mass is 16.6. The van der Waals surface area contributed by atoms with Crippen molar-refractivity contribution >= 4 is 6.09 Å². The van der Waals surface area contributed by atoms with Crippen molar-refractivity contribution in [2.75, 3.05) is 6.73 Å². The average Bonchev–Trinajstić information content (AvgIpc) is 2.28. The Bertz CT molecular complexity index is 279. The van der Waals surface area contributed by atoms with Crippen molar-refractivity contribution in [2.45, 2.75) is 26.4 Å². The number of nitrogens with zero attached hydrogens (tertiary/aromatic N) is 1. The van der Waals surface area contributed by atoms with E-state index in [1.807, 2.05) is 20.8 Å². The molecule has 0 aromatic carbocycles. The summed E-state index contributed by atoms with van der Waals surface area (Å²) in [4.78, 5) is 11.4. The molecule has 0 aromatic rings. The topological polar surface area (TPSA) is 50.8 Å². The number of hydrogen-bond donors (Lipinski definition) is 1. The quantitative estimate of drug-likeness (QED) is 0.719. The van der Waals surface area contributed by atoms with E-state index in [0.717, 1.165) is 0 Å². The molecule has 0 bridgehead atoms. The molecule has 1 aliphatic heterocycles. The number of amides is 1. The van der Waals surface area contributed by atoms with Crippen molar-refractivity contribution in [3.8, 4) is 0 Å². The second-order valence-electron chi connectivity index (χ2n) is 4.05. The second kappa shape index (κ2) is 4.72. The van der Waals surface area contributed by atoms with Gasteiger partial charge in [0.15, 0.2) is 6.73 Å². The van der Waals surface area contributed by atoms with Gasteiger partial charge in [0.2, 0.25) is 0 Å². The van der Waals surface area contributed by atoms with E-state index < -0.39 is 11.7 Å². The molecule has 0 aromatic heterocycles. The predicted octanol–water partition coefficient (Wildman–Crippen LogP) is 1.74. The molecule has 0 spiro atoms. The third-order valence-electron chi connectivity index (χ3n) is 1.40. The molecule has 0 radical (unpaired) electrons. The van der Waals surface area contributed by atoms with Crippen LogP contribution in [0.4, 0.5) is 4.79 Å². The number of hydrazine groups is 1. The summed E-state index contributed by atoms with van der Waals surface area (Å²) in [5, 5.41) is 1.49. The fraction of sp³-hybridized carbons (Fsp3) is 0.500.